The fourth-order valence-electron chi connectivity index (χ4n) is 2.26. The molecule has 0 unspecified atom stereocenters. The van der Waals surface area contributed by atoms with Crippen LogP contribution in [0, 0.1) is 5.92 Å². The zero-order chi connectivity index (χ0) is 19.3. The molecule has 0 saturated carbocycles. The van der Waals surface area contributed by atoms with Gasteiger partial charge in [-0.1, -0.05) is 19.9 Å². The number of rotatable bonds is 8. The molecule has 0 aliphatic rings. The Morgan fingerprint density at radius 1 is 1.35 bits per heavy atom. The number of ether oxygens (including phenoxy) is 1. The lowest BCUT2D eigenvalue weighted by molar-refractivity contribution is 0.102. The van der Waals surface area contributed by atoms with Gasteiger partial charge in [0.1, 0.15) is 16.5 Å². The minimum atomic E-state index is -3.38. The Bertz CT molecular complexity index is 862. The van der Waals surface area contributed by atoms with Gasteiger partial charge in [0.25, 0.3) is 5.91 Å². The molecule has 9 heteroatoms. The Balaban J connectivity index is 2.15. The smallest absolute Gasteiger partial charge is 0.275 e. The molecule has 1 aromatic heterocycles. The number of amides is 1. The van der Waals surface area contributed by atoms with Gasteiger partial charge in [0.15, 0.2) is 0 Å². The molecule has 1 heterocycles. The van der Waals surface area contributed by atoms with Crippen LogP contribution >= 0.6 is 11.3 Å². The summed E-state index contributed by atoms with van der Waals surface area (Å²) in [6.07, 6.45) is 1.11. The van der Waals surface area contributed by atoms with E-state index in [2.05, 4.69) is 15.0 Å². The number of nitrogens with zero attached hydrogens (tertiary/aromatic N) is 1. The van der Waals surface area contributed by atoms with Gasteiger partial charge < -0.3 is 10.1 Å². The van der Waals surface area contributed by atoms with Crippen LogP contribution in [0.2, 0.25) is 0 Å². The molecule has 0 aliphatic carbocycles. The summed E-state index contributed by atoms with van der Waals surface area (Å²) >= 11 is 1.25. The Morgan fingerprint density at radius 3 is 2.69 bits per heavy atom. The quantitative estimate of drug-likeness (QED) is 0.713. The molecule has 0 bridgehead atoms. The van der Waals surface area contributed by atoms with Gasteiger partial charge in [0.05, 0.1) is 18.9 Å². The Hall–Kier alpha value is -1.97. The van der Waals surface area contributed by atoms with E-state index in [9.17, 15) is 13.2 Å². The predicted octanol–water partition coefficient (Wildman–Crippen LogP) is 3.04. The van der Waals surface area contributed by atoms with Crippen molar-refractivity contribution in [3.8, 4) is 5.75 Å². The van der Waals surface area contributed by atoms with Gasteiger partial charge in [-0.15, -0.1) is 11.3 Å². The number of thiazole rings is 1. The third-order valence-electron chi connectivity index (χ3n) is 3.43. The van der Waals surface area contributed by atoms with Crippen molar-refractivity contribution in [3.63, 3.8) is 0 Å². The van der Waals surface area contributed by atoms with Crippen molar-refractivity contribution in [2.24, 2.45) is 5.92 Å². The highest BCUT2D eigenvalue weighted by Gasteiger charge is 2.24. The van der Waals surface area contributed by atoms with Crippen LogP contribution in [0.4, 0.5) is 5.69 Å². The summed E-state index contributed by atoms with van der Waals surface area (Å²) in [5.74, 6) is 0.305. The number of nitrogens with one attached hydrogen (secondary N) is 2. The molecule has 142 valence electrons. The van der Waals surface area contributed by atoms with E-state index in [4.69, 9.17) is 4.74 Å². The van der Waals surface area contributed by atoms with Gasteiger partial charge >= 0.3 is 0 Å². The van der Waals surface area contributed by atoms with Crippen LogP contribution in [0.5, 0.6) is 5.75 Å². The zero-order valence-corrected chi connectivity index (χ0v) is 16.8. The lowest BCUT2D eigenvalue weighted by Crippen LogP contribution is -2.30. The largest absolute Gasteiger partial charge is 0.494 e. The Labute approximate surface area is 157 Å². The molecular formula is C17H23N3O4S2. The van der Waals surface area contributed by atoms with E-state index in [0.29, 0.717) is 23.1 Å². The van der Waals surface area contributed by atoms with Crippen LogP contribution in [0.1, 0.15) is 42.3 Å². The van der Waals surface area contributed by atoms with Crippen molar-refractivity contribution < 1.29 is 17.9 Å². The van der Waals surface area contributed by atoms with E-state index in [1.54, 1.807) is 23.6 Å². The Kier molecular flexibility index (Phi) is 6.74. The van der Waals surface area contributed by atoms with Gasteiger partial charge in [-0.2, -0.15) is 0 Å². The van der Waals surface area contributed by atoms with Crippen LogP contribution in [0.25, 0.3) is 0 Å². The van der Waals surface area contributed by atoms with E-state index in [0.717, 1.165) is 6.26 Å². The number of benzene rings is 1. The van der Waals surface area contributed by atoms with Crippen molar-refractivity contribution in [1.82, 2.24) is 9.71 Å². The highest BCUT2D eigenvalue weighted by Crippen LogP contribution is 2.26. The molecule has 7 nitrogen and oxygen atoms in total. The van der Waals surface area contributed by atoms with E-state index >= 15 is 0 Å². The van der Waals surface area contributed by atoms with Gasteiger partial charge in [-0.25, -0.2) is 18.1 Å². The molecule has 1 amide bonds. The second kappa shape index (κ2) is 8.61. The normalized spacial score (nSPS) is 12.8. The number of carbonyl (C=O) groups excluding carboxylic acids is 1. The zero-order valence-electron chi connectivity index (χ0n) is 15.1. The summed E-state index contributed by atoms with van der Waals surface area (Å²) in [7, 11) is -3.38. The lowest BCUT2D eigenvalue weighted by atomic mass is 10.1. The summed E-state index contributed by atoms with van der Waals surface area (Å²) in [5.41, 5.74) is 0.845. The number of carbonyl (C=O) groups is 1. The Morgan fingerprint density at radius 2 is 2.08 bits per heavy atom. The van der Waals surface area contributed by atoms with Crippen LogP contribution in [-0.4, -0.2) is 32.2 Å². The third kappa shape index (κ3) is 5.79. The van der Waals surface area contributed by atoms with Crippen LogP contribution in [0.3, 0.4) is 0 Å². The van der Waals surface area contributed by atoms with Gasteiger partial charge in [0, 0.05) is 17.1 Å². The van der Waals surface area contributed by atoms with Crippen molar-refractivity contribution >= 4 is 33.0 Å². The van der Waals surface area contributed by atoms with Crippen molar-refractivity contribution in [2.45, 2.75) is 26.8 Å². The highest BCUT2D eigenvalue weighted by molar-refractivity contribution is 7.88. The minimum absolute atomic E-state index is 0.00494. The summed E-state index contributed by atoms with van der Waals surface area (Å²) in [5, 5.41) is 4.95. The standard InChI is InChI=1S/C17H23N3O4S2/c1-5-24-13-8-6-7-12(9-13)18-16(21)14-10-25-17(19-14)15(11(2)3)20-26(4,22)23/h6-11,15,20H,5H2,1-4H3,(H,18,21)/t15-/m1/s1. The fourth-order valence-corrected chi connectivity index (χ4v) is 4.20. The van der Waals surface area contributed by atoms with E-state index in [1.165, 1.54) is 11.3 Å². The summed E-state index contributed by atoms with van der Waals surface area (Å²) < 4.78 is 31.1. The molecule has 0 fully saturated rings. The molecule has 0 spiro atoms. The summed E-state index contributed by atoms with van der Waals surface area (Å²) in [4.78, 5) is 16.7. The van der Waals surface area contributed by atoms with Crippen molar-refractivity contribution in [1.29, 1.82) is 0 Å². The van der Waals surface area contributed by atoms with Crippen LogP contribution in [0.15, 0.2) is 29.6 Å². The number of sulfonamides is 1. The fraction of sp³-hybridized carbons (Fsp3) is 0.412. The molecule has 0 aliphatic heterocycles. The average Bonchev–Trinajstić information content (AvgIpc) is 3.02. The number of aromatic nitrogens is 1. The van der Waals surface area contributed by atoms with Gasteiger partial charge in [0.2, 0.25) is 10.0 Å². The maximum absolute atomic E-state index is 12.4. The van der Waals surface area contributed by atoms with Gasteiger partial charge in [-0.3, -0.25) is 4.79 Å². The second-order valence-corrected chi connectivity index (χ2v) is 8.77. The first-order chi connectivity index (χ1) is 12.2. The molecule has 26 heavy (non-hydrogen) atoms. The van der Waals surface area contributed by atoms with Crippen LogP contribution in [-0.2, 0) is 10.0 Å². The monoisotopic (exact) mass is 397 g/mol. The number of hydrogen-bond acceptors (Lipinski definition) is 6. The topological polar surface area (TPSA) is 97.4 Å². The van der Waals surface area contributed by atoms with Crippen molar-refractivity contribution in [2.75, 3.05) is 18.2 Å². The highest BCUT2D eigenvalue weighted by atomic mass is 32.2. The number of anilines is 1. The predicted molar refractivity (Wildman–Crippen MR) is 103 cm³/mol. The minimum Gasteiger partial charge on any atom is -0.494 e. The van der Waals surface area contributed by atoms with E-state index in [-0.39, 0.29) is 17.5 Å². The van der Waals surface area contributed by atoms with Gasteiger partial charge in [-0.05, 0) is 25.0 Å². The lowest BCUT2D eigenvalue weighted by Gasteiger charge is -2.18. The summed E-state index contributed by atoms with van der Waals surface area (Å²) in [6.45, 7) is 6.21. The molecule has 2 rings (SSSR count). The van der Waals surface area contributed by atoms with E-state index in [1.807, 2.05) is 26.8 Å². The first kappa shape index (κ1) is 20.3. The van der Waals surface area contributed by atoms with Crippen molar-refractivity contribution in [3.05, 3.63) is 40.3 Å². The maximum Gasteiger partial charge on any atom is 0.275 e. The molecule has 0 saturated heterocycles. The SMILES string of the molecule is CCOc1cccc(NC(=O)c2csc([C@H](NS(C)(=O)=O)C(C)C)n2)c1. The van der Waals surface area contributed by atoms with Crippen LogP contribution < -0.4 is 14.8 Å². The second-order valence-electron chi connectivity index (χ2n) is 6.10. The first-order valence-corrected chi connectivity index (χ1v) is 10.9. The molecule has 2 N–H and O–H groups in total. The van der Waals surface area contributed by atoms with E-state index < -0.39 is 16.1 Å². The molecule has 2 aromatic rings. The molecule has 1 atom stereocenters. The maximum atomic E-state index is 12.4. The number of hydrogen-bond donors (Lipinski definition) is 2. The molecule has 0 radical (unpaired) electrons. The first-order valence-electron chi connectivity index (χ1n) is 8.16. The molecular weight excluding hydrogens is 374 g/mol. The summed E-state index contributed by atoms with van der Waals surface area (Å²) in [6, 6.07) is 6.62. The third-order valence-corrected chi connectivity index (χ3v) is 5.04. The molecule has 1 aromatic carbocycles. The average molecular weight is 398 g/mol.